The molecule has 1 aromatic heterocycles. The average molecular weight is 450 g/mol. The number of methoxy groups -OCH3 is 1. The van der Waals surface area contributed by atoms with Gasteiger partial charge in [-0.1, -0.05) is 18.2 Å². The first kappa shape index (κ1) is 21.7. The molecule has 0 amide bonds. The van der Waals surface area contributed by atoms with Gasteiger partial charge in [0.2, 0.25) is 10.0 Å². The number of nitrogens with one attached hydrogen (secondary N) is 1. The lowest BCUT2D eigenvalue weighted by molar-refractivity contribution is 0.311. The van der Waals surface area contributed by atoms with Gasteiger partial charge in [-0.2, -0.15) is 0 Å². The molecule has 10 heteroatoms. The van der Waals surface area contributed by atoms with Crippen molar-refractivity contribution in [2.45, 2.75) is 11.8 Å². The van der Waals surface area contributed by atoms with Crippen LogP contribution in [0.4, 0.5) is 0 Å². The van der Waals surface area contributed by atoms with Crippen LogP contribution in [0.25, 0.3) is 18.3 Å². The summed E-state index contributed by atoms with van der Waals surface area (Å²) in [7, 11) is -2.33. The maximum atomic E-state index is 12.9. The highest BCUT2D eigenvalue weighted by molar-refractivity contribution is 7.89. The molecule has 0 saturated heterocycles. The topological polar surface area (TPSA) is 116 Å². The second-order valence-electron chi connectivity index (χ2n) is 6.29. The van der Waals surface area contributed by atoms with Gasteiger partial charge in [-0.15, -0.1) is 0 Å². The van der Waals surface area contributed by atoms with Crippen molar-refractivity contribution in [3.05, 3.63) is 67.9 Å². The molecule has 3 N–H and O–H groups in total. The molecule has 0 aliphatic carbocycles. The quantitative estimate of drug-likeness (QED) is 0.584. The van der Waals surface area contributed by atoms with Gasteiger partial charge < -0.3 is 9.47 Å². The second-order valence-corrected chi connectivity index (χ2v) is 8.26. The van der Waals surface area contributed by atoms with Crippen LogP contribution < -0.4 is 30.7 Å². The minimum Gasteiger partial charge on any atom is -0.493 e. The SMILES string of the molecule is C=c1[nH]n(-c2ccc(S(N)(=O)=O)cc2)c(=O)/c1=C/c1cc(Cl)c(OCC)c(OC)c1. The molecule has 0 unspecified atom stereocenters. The molecular formula is C20H20ClN3O5S. The molecular weight excluding hydrogens is 430 g/mol. The van der Waals surface area contributed by atoms with E-state index in [9.17, 15) is 13.2 Å². The molecule has 158 valence electrons. The fourth-order valence-corrected chi connectivity index (χ4v) is 3.67. The van der Waals surface area contributed by atoms with Gasteiger partial charge >= 0.3 is 0 Å². The number of nitrogens with two attached hydrogens (primary N) is 1. The highest BCUT2D eigenvalue weighted by Gasteiger charge is 2.12. The molecule has 3 rings (SSSR count). The van der Waals surface area contributed by atoms with Crippen LogP contribution in [0.1, 0.15) is 12.5 Å². The Bertz CT molecular complexity index is 1360. The summed E-state index contributed by atoms with van der Waals surface area (Å²) < 4.78 is 34.9. The second kappa shape index (κ2) is 8.39. The van der Waals surface area contributed by atoms with Crippen LogP contribution in [0.5, 0.6) is 11.5 Å². The van der Waals surface area contributed by atoms with Crippen LogP contribution >= 0.6 is 11.6 Å². The summed E-state index contributed by atoms with van der Waals surface area (Å²) in [5, 5.41) is 9.02. The Morgan fingerprint density at radius 1 is 1.27 bits per heavy atom. The molecule has 30 heavy (non-hydrogen) atoms. The molecule has 1 heterocycles. The van der Waals surface area contributed by atoms with E-state index in [1.807, 2.05) is 6.92 Å². The zero-order valence-corrected chi connectivity index (χ0v) is 17.9. The number of ether oxygens (including phenoxy) is 2. The van der Waals surface area contributed by atoms with Crippen molar-refractivity contribution in [1.82, 2.24) is 9.78 Å². The van der Waals surface area contributed by atoms with Gasteiger partial charge in [0, 0.05) is 0 Å². The maximum Gasteiger partial charge on any atom is 0.279 e. The number of nitrogens with zero attached hydrogens (tertiary/aromatic N) is 1. The first-order valence-corrected chi connectivity index (χ1v) is 10.7. The van der Waals surface area contributed by atoms with E-state index >= 15 is 0 Å². The molecule has 0 spiro atoms. The Morgan fingerprint density at radius 2 is 1.93 bits per heavy atom. The summed E-state index contributed by atoms with van der Waals surface area (Å²) in [5.74, 6) is 0.866. The maximum absolute atomic E-state index is 12.9. The van der Waals surface area contributed by atoms with Crippen molar-refractivity contribution in [2.24, 2.45) is 5.14 Å². The van der Waals surface area contributed by atoms with Crippen molar-refractivity contribution in [2.75, 3.05) is 13.7 Å². The standard InChI is InChI=1S/C20H20ClN3O5S/c1-4-29-19-17(21)10-13(11-18(19)28-3)9-16-12(2)23-24(20(16)25)14-5-7-15(8-6-14)30(22,26)27/h5-11,23H,2,4H2,1,3H3,(H2,22,26,27)/b16-9+. The lowest BCUT2D eigenvalue weighted by Gasteiger charge is -2.11. The number of halogens is 1. The summed E-state index contributed by atoms with van der Waals surface area (Å²) in [6.07, 6.45) is 1.63. The van der Waals surface area contributed by atoms with E-state index in [4.69, 9.17) is 26.2 Å². The Labute approximate surface area is 177 Å². The first-order chi connectivity index (χ1) is 14.2. The number of rotatable bonds is 6. The average Bonchev–Trinajstić information content (AvgIpc) is 2.97. The fraction of sp³-hybridized carbons (Fsp3) is 0.150. The number of H-pyrrole nitrogens is 1. The number of hydrogen-bond acceptors (Lipinski definition) is 5. The number of aromatic amines is 1. The summed E-state index contributed by atoms with van der Waals surface area (Å²) in [6.45, 7) is 6.14. The number of primary sulfonamides is 1. The van der Waals surface area contributed by atoms with Crippen LogP contribution in [-0.4, -0.2) is 31.9 Å². The van der Waals surface area contributed by atoms with Crippen LogP contribution in [0, 0.1) is 0 Å². The molecule has 3 aromatic rings. The van der Waals surface area contributed by atoms with Crippen molar-refractivity contribution in [3.63, 3.8) is 0 Å². The highest BCUT2D eigenvalue weighted by Crippen LogP contribution is 2.36. The van der Waals surface area contributed by atoms with Gasteiger partial charge in [-0.3, -0.25) is 9.89 Å². The Balaban J connectivity index is 2.11. The van der Waals surface area contributed by atoms with Gasteiger partial charge in [0.05, 0.1) is 39.9 Å². The van der Waals surface area contributed by atoms with Gasteiger partial charge in [0.1, 0.15) is 0 Å². The minimum absolute atomic E-state index is 0.0522. The first-order valence-electron chi connectivity index (χ1n) is 8.81. The largest absolute Gasteiger partial charge is 0.493 e. The summed E-state index contributed by atoms with van der Waals surface area (Å²) >= 11 is 6.30. The predicted molar refractivity (Wildman–Crippen MR) is 115 cm³/mol. The summed E-state index contributed by atoms with van der Waals surface area (Å²) in [4.78, 5) is 12.9. The van der Waals surface area contributed by atoms with E-state index in [-0.39, 0.29) is 10.5 Å². The lowest BCUT2D eigenvalue weighted by Crippen LogP contribution is -2.34. The van der Waals surface area contributed by atoms with Crippen molar-refractivity contribution in [3.8, 4) is 17.2 Å². The third kappa shape index (κ3) is 4.28. The van der Waals surface area contributed by atoms with E-state index in [0.29, 0.717) is 44.9 Å². The molecule has 0 fully saturated rings. The molecule has 2 aromatic carbocycles. The van der Waals surface area contributed by atoms with Gasteiger partial charge in [-0.05, 0) is 55.0 Å². The molecule has 8 nitrogen and oxygen atoms in total. The van der Waals surface area contributed by atoms with Crippen molar-refractivity contribution >= 4 is 34.3 Å². The molecule has 0 saturated carbocycles. The minimum atomic E-state index is -3.82. The Kier molecular flexibility index (Phi) is 6.06. The zero-order valence-electron chi connectivity index (χ0n) is 16.3. The zero-order chi connectivity index (χ0) is 22.1. The fourth-order valence-electron chi connectivity index (χ4n) is 2.89. The van der Waals surface area contributed by atoms with E-state index in [2.05, 4.69) is 11.7 Å². The molecule has 0 radical (unpaired) electrons. The number of aromatic nitrogens is 2. The van der Waals surface area contributed by atoms with Crippen LogP contribution in [0.15, 0.2) is 46.1 Å². The van der Waals surface area contributed by atoms with Gasteiger partial charge in [0.15, 0.2) is 11.5 Å². The smallest absolute Gasteiger partial charge is 0.279 e. The van der Waals surface area contributed by atoms with Gasteiger partial charge in [0.25, 0.3) is 5.56 Å². The molecule has 0 aliphatic heterocycles. The molecule has 0 atom stereocenters. The van der Waals surface area contributed by atoms with Crippen molar-refractivity contribution < 1.29 is 17.9 Å². The molecule has 0 aliphatic rings. The van der Waals surface area contributed by atoms with Crippen LogP contribution in [0.2, 0.25) is 5.02 Å². The lowest BCUT2D eigenvalue weighted by atomic mass is 10.1. The van der Waals surface area contributed by atoms with Gasteiger partial charge in [-0.25, -0.2) is 18.2 Å². The summed E-state index contributed by atoms with van der Waals surface area (Å²) in [6, 6.07) is 8.94. The Morgan fingerprint density at radius 3 is 2.50 bits per heavy atom. The van der Waals surface area contributed by atoms with E-state index in [1.54, 1.807) is 18.2 Å². The molecule has 0 bridgehead atoms. The third-order valence-electron chi connectivity index (χ3n) is 4.28. The number of benzene rings is 2. The highest BCUT2D eigenvalue weighted by atomic mass is 35.5. The van der Waals surface area contributed by atoms with E-state index in [1.165, 1.54) is 36.1 Å². The number of sulfonamides is 1. The number of hydrogen-bond donors (Lipinski definition) is 2. The van der Waals surface area contributed by atoms with E-state index in [0.717, 1.165) is 0 Å². The Hall–Kier alpha value is -3.01. The monoisotopic (exact) mass is 449 g/mol. The van der Waals surface area contributed by atoms with E-state index < -0.39 is 10.0 Å². The predicted octanol–water partition coefficient (Wildman–Crippen LogP) is 1.11. The van der Waals surface area contributed by atoms with Crippen molar-refractivity contribution in [1.29, 1.82) is 0 Å². The van der Waals surface area contributed by atoms with Crippen LogP contribution in [0.3, 0.4) is 0 Å². The third-order valence-corrected chi connectivity index (χ3v) is 5.49. The van der Waals surface area contributed by atoms with Crippen LogP contribution in [-0.2, 0) is 10.0 Å². The summed E-state index contributed by atoms with van der Waals surface area (Å²) in [5.41, 5.74) is 0.685. The normalized spacial score (nSPS) is 12.2.